The Morgan fingerprint density at radius 1 is 1.47 bits per heavy atom. The van der Waals surface area contributed by atoms with Crippen LogP contribution in [0.25, 0.3) is 0 Å². The van der Waals surface area contributed by atoms with Crippen molar-refractivity contribution in [1.82, 2.24) is 5.32 Å². The van der Waals surface area contributed by atoms with E-state index in [1.807, 2.05) is 6.92 Å². The van der Waals surface area contributed by atoms with Crippen LogP contribution >= 0.6 is 11.6 Å². The van der Waals surface area contributed by atoms with Crippen LogP contribution < -0.4 is 5.32 Å². The summed E-state index contributed by atoms with van der Waals surface area (Å²) >= 11 is 5.76. The van der Waals surface area contributed by atoms with Gasteiger partial charge in [0.05, 0.1) is 5.02 Å². The summed E-state index contributed by atoms with van der Waals surface area (Å²) in [5.74, 6) is -0.311. The molecule has 2 nitrogen and oxygen atoms in total. The van der Waals surface area contributed by atoms with Crippen LogP contribution in [0.15, 0.2) is 18.2 Å². The third kappa shape index (κ3) is 4.62. The van der Waals surface area contributed by atoms with Gasteiger partial charge in [-0.3, -0.25) is 0 Å². The normalized spacial score (nSPS) is 12.7. The monoisotopic (exact) mass is 259 g/mol. The Hall–Kier alpha value is -0.640. The maximum Gasteiger partial charge on any atom is 0.145 e. The lowest BCUT2D eigenvalue weighted by atomic mass is 10.0. The van der Waals surface area contributed by atoms with Gasteiger partial charge in [0.2, 0.25) is 0 Å². The predicted molar refractivity (Wildman–Crippen MR) is 69.1 cm³/mol. The molecule has 1 unspecified atom stereocenters. The number of hydrogen-bond donors (Lipinski definition) is 1. The highest BCUT2D eigenvalue weighted by atomic mass is 35.5. The van der Waals surface area contributed by atoms with Gasteiger partial charge >= 0.3 is 0 Å². The van der Waals surface area contributed by atoms with E-state index in [2.05, 4.69) is 5.32 Å². The summed E-state index contributed by atoms with van der Waals surface area (Å²) in [5, 5.41) is 3.51. The standard InChI is InChI=1S/C13H19ClFNO/c1-3-16-11(7-8-17-2)9-10-5-4-6-12(14)13(10)15/h4-6,11,16H,3,7-9H2,1-2H3. The van der Waals surface area contributed by atoms with Crippen molar-refractivity contribution < 1.29 is 9.13 Å². The summed E-state index contributed by atoms with van der Waals surface area (Å²) in [6.07, 6.45) is 1.49. The number of likely N-dealkylation sites (N-methyl/N-ethyl adjacent to an activating group) is 1. The maximum atomic E-state index is 13.7. The zero-order chi connectivity index (χ0) is 12.7. The van der Waals surface area contributed by atoms with Gasteiger partial charge in [0, 0.05) is 19.8 Å². The largest absolute Gasteiger partial charge is 0.385 e. The minimum atomic E-state index is -0.311. The Labute approximate surface area is 107 Å². The second-order valence-electron chi connectivity index (χ2n) is 3.95. The molecule has 0 aromatic heterocycles. The van der Waals surface area contributed by atoms with Crippen LogP contribution in [0.5, 0.6) is 0 Å². The molecule has 0 aliphatic carbocycles. The fourth-order valence-electron chi connectivity index (χ4n) is 1.80. The SMILES string of the molecule is CCNC(CCOC)Cc1cccc(Cl)c1F. The van der Waals surface area contributed by atoms with E-state index in [0.29, 0.717) is 18.6 Å². The van der Waals surface area contributed by atoms with E-state index in [9.17, 15) is 4.39 Å². The van der Waals surface area contributed by atoms with Crippen LogP contribution in [0.4, 0.5) is 4.39 Å². The molecule has 0 bridgehead atoms. The third-order valence-corrected chi connectivity index (χ3v) is 2.95. The molecule has 4 heteroatoms. The van der Waals surface area contributed by atoms with E-state index in [1.54, 1.807) is 25.3 Å². The number of nitrogens with one attached hydrogen (secondary N) is 1. The number of benzene rings is 1. The Balaban J connectivity index is 2.67. The van der Waals surface area contributed by atoms with Crippen LogP contribution in [0, 0.1) is 5.82 Å². The van der Waals surface area contributed by atoms with Gasteiger partial charge in [-0.2, -0.15) is 0 Å². The first-order valence-electron chi connectivity index (χ1n) is 5.84. The van der Waals surface area contributed by atoms with Crippen molar-refractivity contribution in [1.29, 1.82) is 0 Å². The van der Waals surface area contributed by atoms with Crippen molar-refractivity contribution >= 4 is 11.6 Å². The first-order chi connectivity index (χ1) is 8.19. The molecular formula is C13H19ClFNO. The molecular weight excluding hydrogens is 241 g/mol. The van der Waals surface area contributed by atoms with Crippen LogP contribution in [-0.2, 0) is 11.2 Å². The summed E-state index contributed by atoms with van der Waals surface area (Å²) in [6, 6.07) is 5.34. The molecule has 0 saturated heterocycles. The molecule has 96 valence electrons. The summed E-state index contributed by atoms with van der Waals surface area (Å²) < 4.78 is 18.8. The fraction of sp³-hybridized carbons (Fsp3) is 0.538. The molecule has 1 rings (SSSR count). The minimum Gasteiger partial charge on any atom is -0.385 e. The average Bonchev–Trinajstić information content (AvgIpc) is 2.32. The quantitative estimate of drug-likeness (QED) is 0.813. The lowest BCUT2D eigenvalue weighted by Crippen LogP contribution is -2.32. The lowest BCUT2D eigenvalue weighted by Gasteiger charge is -2.18. The second kappa shape index (κ2) is 7.64. The first-order valence-corrected chi connectivity index (χ1v) is 6.22. The van der Waals surface area contributed by atoms with E-state index >= 15 is 0 Å². The summed E-state index contributed by atoms with van der Waals surface area (Å²) in [4.78, 5) is 0. The summed E-state index contributed by atoms with van der Waals surface area (Å²) in [5.41, 5.74) is 0.652. The van der Waals surface area contributed by atoms with Crippen molar-refractivity contribution in [2.45, 2.75) is 25.8 Å². The molecule has 1 aromatic rings. The van der Waals surface area contributed by atoms with Crippen molar-refractivity contribution in [2.75, 3.05) is 20.3 Å². The molecule has 17 heavy (non-hydrogen) atoms. The number of ether oxygens (including phenoxy) is 1. The highest BCUT2D eigenvalue weighted by Crippen LogP contribution is 2.19. The zero-order valence-corrected chi connectivity index (χ0v) is 11.1. The highest BCUT2D eigenvalue weighted by Gasteiger charge is 2.12. The number of methoxy groups -OCH3 is 1. The van der Waals surface area contributed by atoms with Gasteiger partial charge in [0.25, 0.3) is 0 Å². The molecule has 0 heterocycles. The van der Waals surface area contributed by atoms with Gasteiger partial charge in [-0.1, -0.05) is 30.7 Å². The van der Waals surface area contributed by atoms with E-state index in [0.717, 1.165) is 13.0 Å². The number of hydrogen-bond acceptors (Lipinski definition) is 2. The Morgan fingerprint density at radius 3 is 2.88 bits per heavy atom. The minimum absolute atomic E-state index is 0.185. The van der Waals surface area contributed by atoms with Crippen molar-refractivity contribution in [2.24, 2.45) is 0 Å². The van der Waals surface area contributed by atoms with Crippen molar-refractivity contribution in [3.8, 4) is 0 Å². The number of rotatable bonds is 7. The molecule has 0 aliphatic heterocycles. The zero-order valence-electron chi connectivity index (χ0n) is 10.3. The van der Waals surface area contributed by atoms with Crippen LogP contribution in [0.2, 0.25) is 5.02 Å². The molecule has 0 fully saturated rings. The molecule has 1 atom stereocenters. The Kier molecular flexibility index (Phi) is 6.48. The van der Waals surface area contributed by atoms with Crippen LogP contribution in [-0.4, -0.2) is 26.3 Å². The molecule has 0 saturated carbocycles. The van der Waals surface area contributed by atoms with Crippen LogP contribution in [0.1, 0.15) is 18.9 Å². The average molecular weight is 260 g/mol. The molecule has 0 amide bonds. The Bertz CT molecular complexity index is 346. The summed E-state index contributed by atoms with van der Waals surface area (Å²) in [7, 11) is 1.67. The number of halogens is 2. The second-order valence-corrected chi connectivity index (χ2v) is 4.36. The van der Waals surface area contributed by atoms with E-state index in [-0.39, 0.29) is 16.9 Å². The predicted octanol–water partition coefficient (Wildman–Crippen LogP) is 3.04. The van der Waals surface area contributed by atoms with Gasteiger partial charge < -0.3 is 10.1 Å². The first kappa shape index (κ1) is 14.4. The summed E-state index contributed by atoms with van der Waals surface area (Å²) in [6.45, 7) is 3.56. The van der Waals surface area contributed by atoms with Gasteiger partial charge in [-0.15, -0.1) is 0 Å². The maximum absolute atomic E-state index is 13.7. The molecule has 0 aliphatic rings. The fourth-order valence-corrected chi connectivity index (χ4v) is 1.99. The highest BCUT2D eigenvalue weighted by molar-refractivity contribution is 6.30. The van der Waals surface area contributed by atoms with Gasteiger partial charge in [0.15, 0.2) is 0 Å². The van der Waals surface area contributed by atoms with Gasteiger partial charge in [-0.05, 0) is 31.0 Å². The molecule has 0 spiro atoms. The van der Waals surface area contributed by atoms with E-state index in [1.165, 1.54) is 0 Å². The van der Waals surface area contributed by atoms with Gasteiger partial charge in [0.1, 0.15) is 5.82 Å². The van der Waals surface area contributed by atoms with Crippen LogP contribution in [0.3, 0.4) is 0 Å². The van der Waals surface area contributed by atoms with E-state index < -0.39 is 0 Å². The van der Waals surface area contributed by atoms with Crippen molar-refractivity contribution in [3.63, 3.8) is 0 Å². The van der Waals surface area contributed by atoms with Crippen molar-refractivity contribution in [3.05, 3.63) is 34.6 Å². The van der Waals surface area contributed by atoms with E-state index in [4.69, 9.17) is 16.3 Å². The topological polar surface area (TPSA) is 21.3 Å². The third-order valence-electron chi connectivity index (χ3n) is 2.66. The smallest absolute Gasteiger partial charge is 0.145 e. The molecule has 1 aromatic carbocycles. The van der Waals surface area contributed by atoms with Gasteiger partial charge in [-0.25, -0.2) is 4.39 Å². The molecule has 1 N–H and O–H groups in total. The lowest BCUT2D eigenvalue weighted by molar-refractivity contribution is 0.182. The Morgan fingerprint density at radius 2 is 2.24 bits per heavy atom. The molecule has 0 radical (unpaired) electrons.